The first-order valence-electron chi connectivity index (χ1n) is 6.77. The van der Waals surface area contributed by atoms with Crippen LogP contribution >= 0.6 is 11.6 Å². The molecule has 20 heavy (non-hydrogen) atoms. The van der Waals surface area contributed by atoms with Gasteiger partial charge in [-0.15, -0.1) is 0 Å². The van der Waals surface area contributed by atoms with Gasteiger partial charge in [-0.3, -0.25) is 9.59 Å². The second-order valence-corrected chi connectivity index (χ2v) is 5.70. The molecule has 5 heteroatoms. The van der Waals surface area contributed by atoms with Gasteiger partial charge in [0.05, 0.1) is 17.9 Å². The maximum Gasteiger partial charge on any atom is 0.307 e. The van der Waals surface area contributed by atoms with E-state index in [1.54, 1.807) is 12.1 Å². The van der Waals surface area contributed by atoms with E-state index in [1.165, 1.54) is 0 Å². The molecular formula is C15H18ClNO3. The fourth-order valence-corrected chi connectivity index (χ4v) is 2.85. The minimum absolute atomic E-state index is 0.158. The summed E-state index contributed by atoms with van der Waals surface area (Å²) in [5.41, 5.74) is 0.952. The monoisotopic (exact) mass is 295 g/mol. The van der Waals surface area contributed by atoms with Crippen molar-refractivity contribution in [3.63, 3.8) is 0 Å². The summed E-state index contributed by atoms with van der Waals surface area (Å²) in [5.74, 6) is -2.01. The molecule has 108 valence electrons. The summed E-state index contributed by atoms with van der Waals surface area (Å²) in [6.45, 7) is 1.88. The Morgan fingerprint density at radius 3 is 2.45 bits per heavy atom. The quantitative estimate of drug-likeness (QED) is 0.897. The number of carbonyl (C=O) groups is 2. The highest BCUT2D eigenvalue weighted by Gasteiger charge is 2.38. The SMILES string of the molecule is C[C@H](NC(=O)[C@@H]1CCC[C@@H]1C(=O)O)c1ccc(Cl)cc1. The number of halogens is 1. The molecular weight excluding hydrogens is 278 g/mol. The average Bonchev–Trinajstić information content (AvgIpc) is 2.88. The van der Waals surface area contributed by atoms with Crippen LogP contribution in [0.1, 0.15) is 37.8 Å². The van der Waals surface area contributed by atoms with Gasteiger partial charge in [0.25, 0.3) is 0 Å². The van der Waals surface area contributed by atoms with Crippen molar-refractivity contribution in [3.05, 3.63) is 34.9 Å². The highest BCUT2D eigenvalue weighted by atomic mass is 35.5. The van der Waals surface area contributed by atoms with Crippen molar-refractivity contribution in [2.75, 3.05) is 0 Å². The summed E-state index contributed by atoms with van der Waals surface area (Å²) in [6.07, 6.45) is 2.03. The van der Waals surface area contributed by atoms with E-state index in [-0.39, 0.29) is 11.9 Å². The topological polar surface area (TPSA) is 66.4 Å². The lowest BCUT2D eigenvalue weighted by Gasteiger charge is -2.20. The largest absolute Gasteiger partial charge is 0.481 e. The van der Waals surface area contributed by atoms with E-state index in [0.717, 1.165) is 12.0 Å². The first kappa shape index (κ1) is 14.9. The molecule has 0 aromatic heterocycles. The third kappa shape index (κ3) is 3.31. The summed E-state index contributed by atoms with van der Waals surface area (Å²) < 4.78 is 0. The zero-order chi connectivity index (χ0) is 14.7. The van der Waals surface area contributed by atoms with Crippen molar-refractivity contribution >= 4 is 23.5 Å². The molecule has 0 aliphatic heterocycles. The van der Waals surface area contributed by atoms with Crippen molar-refractivity contribution in [3.8, 4) is 0 Å². The first-order valence-corrected chi connectivity index (χ1v) is 7.15. The molecule has 1 aliphatic rings. The van der Waals surface area contributed by atoms with Crippen LogP contribution in [0.4, 0.5) is 0 Å². The van der Waals surface area contributed by atoms with Crippen LogP contribution in [-0.2, 0) is 9.59 Å². The van der Waals surface area contributed by atoms with Crippen molar-refractivity contribution in [2.45, 2.75) is 32.2 Å². The summed E-state index contributed by atoms with van der Waals surface area (Å²) in [6, 6.07) is 7.10. The summed E-state index contributed by atoms with van der Waals surface area (Å²) in [7, 11) is 0. The van der Waals surface area contributed by atoms with Gasteiger partial charge in [-0.2, -0.15) is 0 Å². The van der Waals surface area contributed by atoms with Crippen molar-refractivity contribution in [1.29, 1.82) is 0 Å². The van der Waals surface area contributed by atoms with E-state index in [1.807, 2.05) is 19.1 Å². The second-order valence-electron chi connectivity index (χ2n) is 5.26. The third-order valence-corrected chi connectivity index (χ3v) is 4.15. The van der Waals surface area contributed by atoms with Gasteiger partial charge in [-0.1, -0.05) is 30.2 Å². The number of aliphatic carboxylic acids is 1. The Morgan fingerprint density at radius 2 is 1.85 bits per heavy atom. The number of hydrogen-bond acceptors (Lipinski definition) is 2. The molecule has 0 unspecified atom stereocenters. The van der Waals surface area contributed by atoms with Crippen molar-refractivity contribution in [2.24, 2.45) is 11.8 Å². The molecule has 1 aromatic carbocycles. The summed E-state index contributed by atoms with van der Waals surface area (Å²) in [5, 5.41) is 12.7. The molecule has 0 saturated heterocycles. The number of carboxylic acids is 1. The van der Waals surface area contributed by atoms with Crippen molar-refractivity contribution in [1.82, 2.24) is 5.32 Å². The lowest BCUT2D eigenvalue weighted by Crippen LogP contribution is -2.36. The van der Waals surface area contributed by atoms with Crippen LogP contribution in [0.2, 0.25) is 5.02 Å². The Labute approximate surface area is 123 Å². The Kier molecular flexibility index (Phi) is 4.65. The average molecular weight is 296 g/mol. The molecule has 3 atom stereocenters. The fourth-order valence-electron chi connectivity index (χ4n) is 2.72. The number of hydrogen-bond donors (Lipinski definition) is 2. The van der Waals surface area contributed by atoms with E-state index < -0.39 is 17.8 Å². The third-order valence-electron chi connectivity index (χ3n) is 3.90. The lowest BCUT2D eigenvalue weighted by molar-refractivity contribution is -0.146. The number of benzene rings is 1. The highest BCUT2D eigenvalue weighted by molar-refractivity contribution is 6.30. The first-order chi connectivity index (χ1) is 9.49. The summed E-state index contributed by atoms with van der Waals surface area (Å²) in [4.78, 5) is 23.3. The lowest BCUT2D eigenvalue weighted by atomic mass is 9.94. The zero-order valence-corrected chi connectivity index (χ0v) is 12.1. The Morgan fingerprint density at radius 1 is 1.25 bits per heavy atom. The molecule has 0 heterocycles. The predicted molar refractivity (Wildman–Crippen MR) is 76.5 cm³/mol. The number of amides is 1. The molecule has 1 aliphatic carbocycles. The molecule has 1 amide bonds. The minimum atomic E-state index is -0.873. The van der Waals surface area contributed by atoms with Crippen molar-refractivity contribution < 1.29 is 14.7 Å². The molecule has 1 aromatic rings. The number of carbonyl (C=O) groups excluding carboxylic acids is 1. The van der Waals surface area contributed by atoms with Gasteiger partial charge >= 0.3 is 5.97 Å². The van der Waals surface area contributed by atoms with Crippen LogP contribution in [0.25, 0.3) is 0 Å². The summed E-state index contributed by atoms with van der Waals surface area (Å²) >= 11 is 5.83. The Bertz CT molecular complexity index is 500. The maximum atomic E-state index is 12.2. The minimum Gasteiger partial charge on any atom is -0.481 e. The van der Waals surface area contributed by atoms with E-state index in [9.17, 15) is 9.59 Å². The normalized spacial score (nSPS) is 23.3. The zero-order valence-electron chi connectivity index (χ0n) is 11.3. The van der Waals surface area contributed by atoms with Gasteiger partial charge in [0.2, 0.25) is 5.91 Å². The number of rotatable bonds is 4. The van der Waals surface area contributed by atoms with E-state index >= 15 is 0 Å². The van der Waals surface area contributed by atoms with Gasteiger partial charge < -0.3 is 10.4 Å². The molecule has 1 fully saturated rings. The molecule has 0 bridgehead atoms. The standard InChI is InChI=1S/C15H18ClNO3/c1-9(10-5-7-11(16)8-6-10)17-14(18)12-3-2-4-13(12)15(19)20/h5-9,12-13H,2-4H2,1H3,(H,17,18)(H,19,20)/t9-,12+,13-/m0/s1. The van der Waals surface area contributed by atoms with Gasteiger partial charge in [-0.05, 0) is 37.5 Å². The smallest absolute Gasteiger partial charge is 0.307 e. The molecule has 1 saturated carbocycles. The Hall–Kier alpha value is -1.55. The molecule has 0 radical (unpaired) electrons. The fraction of sp³-hybridized carbons (Fsp3) is 0.467. The van der Waals surface area contributed by atoms with Crippen LogP contribution < -0.4 is 5.32 Å². The number of nitrogens with one attached hydrogen (secondary N) is 1. The second kappa shape index (κ2) is 6.27. The predicted octanol–water partition coefficient (Wildman–Crippen LogP) is 3.02. The van der Waals surface area contributed by atoms with Crippen LogP contribution in [0.15, 0.2) is 24.3 Å². The molecule has 2 N–H and O–H groups in total. The van der Waals surface area contributed by atoms with Crippen LogP contribution in [0, 0.1) is 11.8 Å². The van der Waals surface area contributed by atoms with Gasteiger partial charge in [0.1, 0.15) is 0 Å². The Balaban J connectivity index is 2.00. The van der Waals surface area contributed by atoms with Crippen LogP contribution in [0.5, 0.6) is 0 Å². The molecule has 2 rings (SSSR count). The molecule has 4 nitrogen and oxygen atoms in total. The molecule has 0 spiro atoms. The highest BCUT2D eigenvalue weighted by Crippen LogP contribution is 2.32. The van der Waals surface area contributed by atoms with E-state index in [4.69, 9.17) is 16.7 Å². The van der Waals surface area contributed by atoms with E-state index in [2.05, 4.69) is 5.32 Å². The van der Waals surface area contributed by atoms with Gasteiger partial charge in [0.15, 0.2) is 0 Å². The van der Waals surface area contributed by atoms with Crippen LogP contribution in [0.3, 0.4) is 0 Å². The van der Waals surface area contributed by atoms with Gasteiger partial charge in [0, 0.05) is 5.02 Å². The van der Waals surface area contributed by atoms with E-state index in [0.29, 0.717) is 17.9 Å². The van der Waals surface area contributed by atoms with Gasteiger partial charge in [-0.25, -0.2) is 0 Å². The maximum absolute atomic E-state index is 12.2. The number of carboxylic acid groups (broad SMARTS) is 1. The van der Waals surface area contributed by atoms with Crippen LogP contribution in [-0.4, -0.2) is 17.0 Å².